The number of rotatable bonds is 6. The molecular weight excluding hydrogens is 830 g/mol. The van der Waals surface area contributed by atoms with Crippen molar-refractivity contribution in [1.29, 1.82) is 0 Å². The van der Waals surface area contributed by atoms with Crippen LogP contribution in [0, 0.1) is 0 Å². The van der Waals surface area contributed by atoms with E-state index in [-0.39, 0.29) is 23.0 Å². The minimum atomic E-state index is -0.0363. The first-order chi connectivity index (χ1) is 32.1. The third kappa shape index (κ3) is 7.36. The fourth-order valence-corrected chi connectivity index (χ4v) is 11.6. The second-order valence-corrected chi connectivity index (χ2v) is 22.6. The number of hydrogen-bond acceptors (Lipinski definition) is 4. The van der Waals surface area contributed by atoms with Crippen molar-refractivity contribution in [1.82, 2.24) is 0 Å². The number of fused-ring (bicyclic) bond motifs is 6. The van der Waals surface area contributed by atoms with Crippen LogP contribution in [-0.4, -0.2) is 6.71 Å². The summed E-state index contributed by atoms with van der Waals surface area (Å²) in [6.45, 7) is 20.8. The number of thiophene rings is 1. The average molecular weight is 888 g/mol. The van der Waals surface area contributed by atoms with Gasteiger partial charge in [-0.2, -0.15) is 0 Å². The zero-order valence-corrected chi connectivity index (χ0v) is 41.0. The number of benzene rings is 8. The molecule has 0 bridgehead atoms. The van der Waals surface area contributed by atoms with E-state index in [2.05, 4.69) is 265 Å². The molecule has 3 nitrogen and oxygen atoms in total. The maximum atomic E-state index is 2.59. The summed E-state index contributed by atoms with van der Waals surface area (Å²) in [5.41, 5.74) is 19.6. The van der Waals surface area contributed by atoms with Gasteiger partial charge in [-0.25, -0.2) is 0 Å². The van der Waals surface area contributed by atoms with E-state index in [9.17, 15) is 0 Å². The Morgan fingerprint density at radius 3 is 1.60 bits per heavy atom. The first kappa shape index (κ1) is 42.8. The van der Waals surface area contributed by atoms with Gasteiger partial charge in [0.1, 0.15) is 0 Å². The van der Waals surface area contributed by atoms with Gasteiger partial charge in [-0.1, -0.05) is 165 Å². The lowest BCUT2D eigenvalue weighted by Crippen LogP contribution is -2.60. The van der Waals surface area contributed by atoms with Crippen molar-refractivity contribution in [2.75, 3.05) is 14.7 Å². The zero-order chi connectivity index (χ0) is 46.4. The summed E-state index contributed by atoms with van der Waals surface area (Å²) in [4.78, 5) is 7.58. The number of para-hydroxylation sites is 2. The second-order valence-electron chi connectivity index (χ2n) is 21.5. The number of anilines is 9. The smallest absolute Gasteiger partial charge is 0.264 e. The van der Waals surface area contributed by atoms with Crippen LogP contribution in [0.5, 0.6) is 0 Å². The van der Waals surface area contributed by atoms with Crippen LogP contribution >= 0.6 is 11.3 Å². The highest BCUT2D eigenvalue weighted by Crippen LogP contribution is 2.51. The summed E-state index contributed by atoms with van der Waals surface area (Å²) < 4.78 is 2.69. The Kier molecular flexibility index (Phi) is 10.2. The fraction of sp³-hybridized carbons (Fsp3) is 0.194. The predicted octanol–water partition coefficient (Wildman–Crippen LogP) is 16.0. The molecule has 0 fully saturated rings. The Labute approximate surface area is 402 Å². The van der Waals surface area contributed by atoms with Gasteiger partial charge in [-0.05, 0) is 134 Å². The van der Waals surface area contributed by atoms with Gasteiger partial charge < -0.3 is 14.7 Å². The lowest BCUT2D eigenvalue weighted by Gasteiger charge is -2.44. The molecule has 1 aromatic heterocycles. The van der Waals surface area contributed by atoms with Gasteiger partial charge in [0.25, 0.3) is 6.71 Å². The summed E-state index contributed by atoms with van der Waals surface area (Å²) in [7, 11) is 0. The molecule has 0 unspecified atom stereocenters. The molecule has 330 valence electrons. The van der Waals surface area contributed by atoms with Crippen LogP contribution in [-0.2, 0) is 16.2 Å². The fourth-order valence-electron chi connectivity index (χ4n) is 10.3. The topological polar surface area (TPSA) is 9.72 Å². The lowest BCUT2D eigenvalue weighted by atomic mass is 9.36. The molecule has 8 aromatic carbocycles. The van der Waals surface area contributed by atoms with Crippen molar-refractivity contribution < 1.29 is 0 Å². The summed E-state index contributed by atoms with van der Waals surface area (Å²) >= 11 is 1.96. The van der Waals surface area contributed by atoms with Crippen LogP contribution in [0.2, 0.25) is 0 Å². The molecule has 2 aliphatic heterocycles. The molecule has 0 saturated heterocycles. The summed E-state index contributed by atoms with van der Waals surface area (Å²) in [6.07, 6.45) is 0. The Hall–Kier alpha value is -6.82. The Balaban J connectivity index is 1.24. The maximum absolute atomic E-state index is 2.59. The largest absolute Gasteiger partial charge is 0.311 e. The van der Waals surface area contributed by atoms with Crippen molar-refractivity contribution in [3.63, 3.8) is 0 Å². The van der Waals surface area contributed by atoms with Crippen LogP contribution < -0.4 is 30.4 Å². The molecule has 0 amide bonds. The molecule has 3 heterocycles. The van der Waals surface area contributed by atoms with Gasteiger partial charge in [0.2, 0.25) is 0 Å². The minimum absolute atomic E-state index is 0.00133. The molecule has 67 heavy (non-hydrogen) atoms. The molecule has 0 atom stereocenters. The van der Waals surface area contributed by atoms with Gasteiger partial charge in [-0.3, -0.25) is 0 Å². The number of nitrogens with zero attached hydrogens (tertiary/aromatic N) is 3. The predicted molar refractivity (Wildman–Crippen MR) is 292 cm³/mol. The van der Waals surface area contributed by atoms with Crippen LogP contribution in [0.3, 0.4) is 0 Å². The Morgan fingerprint density at radius 1 is 0.433 bits per heavy atom. The first-order valence-electron chi connectivity index (χ1n) is 23.8. The average Bonchev–Trinajstić information content (AvgIpc) is 3.70. The molecule has 5 heteroatoms. The quantitative estimate of drug-likeness (QED) is 0.154. The van der Waals surface area contributed by atoms with Gasteiger partial charge in [0.05, 0.1) is 11.4 Å². The van der Waals surface area contributed by atoms with Crippen LogP contribution in [0.15, 0.2) is 188 Å². The minimum Gasteiger partial charge on any atom is -0.311 e. The highest BCUT2D eigenvalue weighted by molar-refractivity contribution is 7.33. The maximum Gasteiger partial charge on any atom is 0.264 e. The highest BCUT2D eigenvalue weighted by atomic mass is 32.1. The Bertz CT molecular complexity index is 3260. The van der Waals surface area contributed by atoms with E-state index in [1.165, 1.54) is 82.0 Å². The van der Waals surface area contributed by atoms with E-state index in [1.54, 1.807) is 0 Å². The van der Waals surface area contributed by atoms with E-state index in [0.717, 1.165) is 22.7 Å². The van der Waals surface area contributed by atoms with Gasteiger partial charge in [-0.15, -0.1) is 11.3 Å². The monoisotopic (exact) mass is 887 g/mol. The summed E-state index contributed by atoms with van der Waals surface area (Å²) in [5.74, 6) is 0. The molecule has 0 radical (unpaired) electrons. The van der Waals surface area contributed by atoms with Gasteiger partial charge >= 0.3 is 0 Å². The van der Waals surface area contributed by atoms with Gasteiger partial charge in [0, 0.05) is 60.2 Å². The molecule has 9 aromatic rings. The normalized spacial score (nSPS) is 13.4. The third-order valence-electron chi connectivity index (χ3n) is 13.9. The van der Waals surface area contributed by atoms with E-state index in [1.807, 2.05) is 11.3 Å². The zero-order valence-electron chi connectivity index (χ0n) is 40.2. The molecular formula is C62H58BN3S. The number of hydrogen-bond donors (Lipinski definition) is 0. The third-order valence-corrected chi connectivity index (χ3v) is 15.1. The molecule has 0 spiro atoms. The van der Waals surface area contributed by atoms with Crippen LogP contribution in [0.25, 0.3) is 21.2 Å². The van der Waals surface area contributed by atoms with Gasteiger partial charge in [0.15, 0.2) is 0 Å². The standard InChI is InChI=1S/C62H58BN3S/c1-60(2,3)42-28-32-47(33-29-42)65-53-26-19-27-54-57(53)63(59-58(65)50-39-44(62(7,8)9)31-37-56(50)67-59)51-35-34-48(64(45-22-15-11-16-23-45)46-24-17-12-18-25-46)40-55(51)66(54)52-36-30-43(61(4,5)6)38-49(52)41-20-13-10-14-21-41/h10-40H,1-9H3. The van der Waals surface area contributed by atoms with Crippen molar-refractivity contribution in [3.8, 4) is 11.1 Å². The highest BCUT2D eigenvalue weighted by Gasteiger charge is 2.46. The van der Waals surface area contributed by atoms with Crippen LogP contribution in [0.4, 0.5) is 51.2 Å². The molecule has 0 N–H and O–H groups in total. The SMILES string of the molecule is CC(C)(C)c1ccc(N2c3cccc4c3B(c3ccc(N(c5ccccc5)c5ccccc5)cc3N4c3ccc(C(C)(C)C)cc3-c3ccccc3)c3sc4ccc(C(C)(C)C)cc4c32)cc1. The summed E-state index contributed by atoms with van der Waals surface area (Å²) in [6, 6.07) is 70.6. The Morgan fingerprint density at radius 2 is 0.985 bits per heavy atom. The van der Waals surface area contributed by atoms with E-state index in [4.69, 9.17) is 0 Å². The van der Waals surface area contributed by atoms with Crippen molar-refractivity contribution in [2.24, 2.45) is 0 Å². The van der Waals surface area contributed by atoms with Crippen LogP contribution in [0.1, 0.15) is 79.0 Å². The molecule has 0 aliphatic carbocycles. The molecule has 11 rings (SSSR count). The van der Waals surface area contributed by atoms with Crippen molar-refractivity contribution in [3.05, 3.63) is 205 Å². The van der Waals surface area contributed by atoms with Crippen molar-refractivity contribution >= 4 is 95.0 Å². The van der Waals surface area contributed by atoms with Crippen molar-refractivity contribution in [2.45, 2.75) is 78.6 Å². The molecule has 0 saturated carbocycles. The first-order valence-corrected chi connectivity index (χ1v) is 24.6. The summed E-state index contributed by atoms with van der Waals surface area (Å²) in [5, 5.41) is 1.31. The lowest BCUT2D eigenvalue weighted by molar-refractivity contribution is 0.590. The molecule has 2 aliphatic rings. The van der Waals surface area contributed by atoms with E-state index in [0.29, 0.717) is 0 Å². The van der Waals surface area contributed by atoms with E-state index < -0.39 is 0 Å². The second kappa shape index (κ2) is 15.9. The van der Waals surface area contributed by atoms with E-state index >= 15 is 0 Å².